The van der Waals surface area contributed by atoms with Crippen LogP contribution in [0, 0.1) is 5.92 Å². The fraction of sp³-hybridized carbons (Fsp3) is 0.615. The molecule has 0 saturated carbocycles. The van der Waals surface area contributed by atoms with E-state index < -0.39 is 6.04 Å². The normalized spacial score (nSPS) is 12.1. The van der Waals surface area contributed by atoms with E-state index in [2.05, 4.69) is 20.7 Å². The van der Waals surface area contributed by atoms with E-state index in [0.29, 0.717) is 30.4 Å². The largest absolute Gasteiger partial charge is 0.467 e. The minimum absolute atomic E-state index is 0.304. The molecule has 0 saturated heterocycles. The molecule has 4 N–H and O–H groups in total. The highest BCUT2D eigenvalue weighted by molar-refractivity contribution is 5.79. The molecular weight excluding hydrogens is 258 g/mol. The number of nitrogens with zero attached hydrogens (tertiary/aromatic N) is 2. The Morgan fingerprint density at radius 2 is 2.05 bits per heavy atom. The highest BCUT2D eigenvalue weighted by Crippen LogP contribution is 2.21. The van der Waals surface area contributed by atoms with Crippen molar-refractivity contribution in [2.75, 3.05) is 17.9 Å². The van der Waals surface area contributed by atoms with Gasteiger partial charge in [-0.25, -0.2) is 20.6 Å². The number of ether oxygens (including phenoxy) is 1. The third kappa shape index (κ3) is 4.06. The molecule has 1 heterocycles. The topological polar surface area (TPSA) is 102 Å². The molecule has 0 aliphatic rings. The van der Waals surface area contributed by atoms with Gasteiger partial charge in [-0.2, -0.15) is 0 Å². The molecule has 20 heavy (non-hydrogen) atoms. The van der Waals surface area contributed by atoms with Crippen molar-refractivity contribution in [1.29, 1.82) is 0 Å². The lowest BCUT2D eigenvalue weighted by molar-refractivity contribution is -0.141. The summed E-state index contributed by atoms with van der Waals surface area (Å²) in [6.45, 7) is 6.07. The lowest BCUT2D eigenvalue weighted by Gasteiger charge is -2.20. The lowest BCUT2D eigenvalue weighted by atomic mass is 10.0. The Labute approximate surface area is 119 Å². The monoisotopic (exact) mass is 281 g/mol. The Kier molecular flexibility index (Phi) is 6.17. The highest BCUT2D eigenvalue weighted by Gasteiger charge is 2.22. The minimum Gasteiger partial charge on any atom is -0.467 e. The molecule has 0 spiro atoms. The van der Waals surface area contributed by atoms with E-state index in [-0.39, 0.29) is 5.97 Å². The molecule has 0 fully saturated rings. The van der Waals surface area contributed by atoms with Crippen molar-refractivity contribution in [1.82, 2.24) is 9.97 Å². The third-order valence-corrected chi connectivity index (χ3v) is 2.94. The molecule has 0 aliphatic heterocycles. The van der Waals surface area contributed by atoms with Crippen LogP contribution in [-0.2, 0) is 16.0 Å². The SMILES string of the molecule is CCc1c(NN)ncnc1NC(CC(C)C)C(=O)OC. The standard InChI is InChI=1S/C13H23N5O2/c1-5-9-11(15-7-16-12(9)18-14)17-10(6-8(2)3)13(19)20-4/h7-8,10H,5-6,14H2,1-4H3,(H2,15,16,17,18). The summed E-state index contributed by atoms with van der Waals surface area (Å²) < 4.78 is 4.83. The van der Waals surface area contributed by atoms with Crippen LogP contribution < -0.4 is 16.6 Å². The van der Waals surface area contributed by atoms with Crippen molar-refractivity contribution in [2.24, 2.45) is 11.8 Å². The van der Waals surface area contributed by atoms with Crippen molar-refractivity contribution in [2.45, 2.75) is 39.7 Å². The number of carbonyl (C=O) groups is 1. The van der Waals surface area contributed by atoms with Gasteiger partial charge >= 0.3 is 5.97 Å². The van der Waals surface area contributed by atoms with Gasteiger partial charge in [-0.15, -0.1) is 0 Å². The van der Waals surface area contributed by atoms with E-state index in [0.717, 1.165) is 5.56 Å². The predicted molar refractivity (Wildman–Crippen MR) is 78.1 cm³/mol. The maximum absolute atomic E-state index is 11.8. The second-order valence-electron chi connectivity index (χ2n) is 4.90. The number of nitrogens with two attached hydrogens (primary N) is 1. The summed E-state index contributed by atoms with van der Waals surface area (Å²) in [5.74, 6) is 6.64. The van der Waals surface area contributed by atoms with Crippen molar-refractivity contribution in [3.8, 4) is 0 Å². The average molecular weight is 281 g/mol. The number of hydrazine groups is 1. The van der Waals surface area contributed by atoms with E-state index in [1.54, 1.807) is 0 Å². The van der Waals surface area contributed by atoms with E-state index in [9.17, 15) is 4.79 Å². The van der Waals surface area contributed by atoms with Crippen molar-refractivity contribution >= 4 is 17.6 Å². The number of methoxy groups -OCH3 is 1. The fourth-order valence-corrected chi connectivity index (χ4v) is 1.99. The Morgan fingerprint density at radius 1 is 1.40 bits per heavy atom. The first-order valence-corrected chi connectivity index (χ1v) is 6.68. The maximum atomic E-state index is 11.8. The number of aromatic nitrogens is 2. The summed E-state index contributed by atoms with van der Waals surface area (Å²) in [5, 5.41) is 3.13. The predicted octanol–water partition coefficient (Wildman–Crippen LogP) is 1.32. The zero-order chi connectivity index (χ0) is 15.1. The van der Waals surface area contributed by atoms with E-state index in [1.807, 2.05) is 20.8 Å². The van der Waals surface area contributed by atoms with Crippen LogP contribution in [0.25, 0.3) is 0 Å². The van der Waals surface area contributed by atoms with Gasteiger partial charge in [-0.3, -0.25) is 0 Å². The Morgan fingerprint density at radius 3 is 2.55 bits per heavy atom. The number of anilines is 2. The second kappa shape index (κ2) is 7.64. The quantitative estimate of drug-likeness (QED) is 0.393. The Bertz CT molecular complexity index is 450. The summed E-state index contributed by atoms with van der Waals surface area (Å²) in [5.41, 5.74) is 3.38. The Hall–Kier alpha value is -1.89. The van der Waals surface area contributed by atoms with Gasteiger partial charge in [0.05, 0.1) is 7.11 Å². The molecule has 0 aromatic carbocycles. The summed E-state index contributed by atoms with van der Waals surface area (Å²) in [6, 6.07) is -0.439. The van der Waals surface area contributed by atoms with Gasteiger partial charge in [0.2, 0.25) is 0 Å². The van der Waals surface area contributed by atoms with Gasteiger partial charge in [0, 0.05) is 5.56 Å². The number of esters is 1. The second-order valence-corrected chi connectivity index (χ2v) is 4.90. The van der Waals surface area contributed by atoms with Crippen LogP contribution in [0.4, 0.5) is 11.6 Å². The third-order valence-electron chi connectivity index (χ3n) is 2.94. The lowest BCUT2D eigenvalue weighted by Crippen LogP contribution is -2.33. The van der Waals surface area contributed by atoms with Gasteiger partial charge in [0.1, 0.15) is 24.0 Å². The summed E-state index contributed by atoms with van der Waals surface area (Å²) in [4.78, 5) is 20.1. The van der Waals surface area contributed by atoms with Gasteiger partial charge in [0.25, 0.3) is 0 Å². The van der Waals surface area contributed by atoms with Gasteiger partial charge in [-0.05, 0) is 18.8 Å². The van der Waals surface area contributed by atoms with Crippen molar-refractivity contribution in [3.63, 3.8) is 0 Å². The fourth-order valence-electron chi connectivity index (χ4n) is 1.99. The number of nitrogens with one attached hydrogen (secondary N) is 2. The number of hydrogen-bond donors (Lipinski definition) is 3. The van der Waals surface area contributed by atoms with Crippen LogP contribution in [-0.4, -0.2) is 29.1 Å². The highest BCUT2D eigenvalue weighted by atomic mass is 16.5. The molecule has 7 heteroatoms. The molecule has 0 aliphatic carbocycles. The Balaban J connectivity index is 3.01. The first-order valence-electron chi connectivity index (χ1n) is 6.68. The van der Waals surface area contributed by atoms with Gasteiger partial charge < -0.3 is 15.5 Å². The summed E-state index contributed by atoms with van der Waals surface area (Å²) >= 11 is 0. The molecule has 1 aromatic heterocycles. The summed E-state index contributed by atoms with van der Waals surface area (Å²) in [7, 11) is 1.38. The zero-order valence-electron chi connectivity index (χ0n) is 12.4. The minimum atomic E-state index is -0.439. The average Bonchev–Trinajstić information content (AvgIpc) is 2.44. The van der Waals surface area contributed by atoms with Crippen molar-refractivity contribution < 1.29 is 9.53 Å². The smallest absolute Gasteiger partial charge is 0.328 e. The van der Waals surface area contributed by atoms with Crippen molar-refractivity contribution in [3.05, 3.63) is 11.9 Å². The van der Waals surface area contributed by atoms with Gasteiger partial charge in [-0.1, -0.05) is 20.8 Å². The number of rotatable bonds is 7. The number of hydrogen-bond acceptors (Lipinski definition) is 7. The van der Waals surface area contributed by atoms with Crippen LogP contribution in [0.3, 0.4) is 0 Å². The molecule has 0 amide bonds. The van der Waals surface area contributed by atoms with E-state index >= 15 is 0 Å². The maximum Gasteiger partial charge on any atom is 0.328 e. The first-order chi connectivity index (χ1) is 9.53. The van der Waals surface area contributed by atoms with E-state index in [1.165, 1.54) is 13.4 Å². The van der Waals surface area contributed by atoms with Gasteiger partial charge in [0.15, 0.2) is 0 Å². The molecular formula is C13H23N5O2. The molecule has 1 unspecified atom stereocenters. The van der Waals surface area contributed by atoms with Crippen LogP contribution in [0.1, 0.15) is 32.8 Å². The molecule has 0 bridgehead atoms. The zero-order valence-corrected chi connectivity index (χ0v) is 12.4. The number of nitrogen functional groups attached to an aromatic ring is 1. The summed E-state index contributed by atoms with van der Waals surface area (Å²) in [6.07, 6.45) is 2.75. The van der Waals surface area contributed by atoms with Crippen LogP contribution >= 0.6 is 0 Å². The van der Waals surface area contributed by atoms with Crippen LogP contribution in [0.15, 0.2) is 6.33 Å². The molecule has 1 atom stereocenters. The molecule has 0 radical (unpaired) electrons. The molecule has 112 valence electrons. The van der Waals surface area contributed by atoms with Crippen LogP contribution in [0.2, 0.25) is 0 Å². The number of carbonyl (C=O) groups excluding carboxylic acids is 1. The molecule has 7 nitrogen and oxygen atoms in total. The van der Waals surface area contributed by atoms with E-state index in [4.69, 9.17) is 10.6 Å². The van der Waals surface area contributed by atoms with Crippen LogP contribution in [0.5, 0.6) is 0 Å². The molecule has 1 rings (SSSR count). The first kappa shape index (κ1) is 16.2. The molecule has 1 aromatic rings.